The molecule has 0 aliphatic carbocycles. The molecule has 0 bridgehead atoms. The molecular weight excluding hydrogens is 725 g/mol. The molecule has 11 aromatic rings. The van der Waals surface area contributed by atoms with E-state index < -0.39 is 0 Å². The topological polar surface area (TPSA) is 8.17 Å². The average molecular weight is 765 g/mol. The Hall–Kier alpha value is -7.94. The molecule has 282 valence electrons. The highest BCUT2D eigenvalue weighted by Crippen LogP contribution is 2.47. The van der Waals surface area contributed by atoms with Crippen molar-refractivity contribution in [2.75, 3.05) is 4.90 Å². The van der Waals surface area contributed by atoms with Crippen LogP contribution in [0.15, 0.2) is 243 Å². The van der Waals surface area contributed by atoms with Crippen LogP contribution in [-0.4, -0.2) is 4.57 Å². The van der Waals surface area contributed by atoms with Gasteiger partial charge in [0.2, 0.25) is 0 Å². The van der Waals surface area contributed by atoms with Crippen molar-refractivity contribution in [2.45, 2.75) is 0 Å². The summed E-state index contributed by atoms with van der Waals surface area (Å²) in [5.41, 5.74) is 16.2. The predicted molar refractivity (Wildman–Crippen MR) is 255 cm³/mol. The summed E-state index contributed by atoms with van der Waals surface area (Å²) < 4.78 is 2.41. The van der Waals surface area contributed by atoms with Crippen LogP contribution in [0.1, 0.15) is 0 Å². The molecule has 0 unspecified atom stereocenters. The van der Waals surface area contributed by atoms with E-state index in [2.05, 4.69) is 252 Å². The normalized spacial score (nSPS) is 11.3. The van der Waals surface area contributed by atoms with E-state index in [9.17, 15) is 0 Å². The molecule has 0 atom stereocenters. The molecule has 0 saturated carbocycles. The van der Waals surface area contributed by atoms with Gasteiger partial charge < -0.3 is 9.47 Å². The second kappa shape index (κ2) is 15.1. The number of hydrogen-bond donors (Lipinski definition) is 0. The zero-order chi connectivity index (χ0) is 39.8. The summed E-state index contributed by atoms with van der Waals surface area (Å²) in [6.07, 6.45) is 0. The second-order valence-electron chi connectivity index (χ2n) is 15.3. The Bertz CT molecular complexity index is 3290. The van der Waals surface area contributed by atoms with Gasteiger partial charge in [-0.15, -0.1) is 0 Å². The molecule has 1 aromatic heterocycles. The fourth-order valence-electron chi connectivity index (χ4n) is 8.97. The molecule has 0 radical (unpaired) electrons. The molecular formula is C58H40N2. The molecule has 1 heterocycles. The molecule has 0 N–H and O–H groups in total. The highest BCUT2D eigenvalue weighted by molar-refractivity contribution is 6.11. The lowest BCUT2D eigenvalue weighted by Gasteiger charge is -2.30. The SMILES string of the molecule is c1ccc(-c2ccc(-c3ccccc3N(c3ccc4c5ccccc5n(-c5ccccc5)c4c3)c3ccc(-c4cccc5ccccc45)cc3-c3ccccc3)cc2)cc1. The van der Waals surface area contributed by atoms with Crippen LogP contribution in [0.4, 0.5) is 17.1 Å². The van der Waals surface area contributed by atoms with E-state index in [0.717, 1.165) is 50.5 Å². The van der Waals surface area contributed by atoms with Crippen LogP contribution in [0, 0.1) is 0 Å². The Morgan fingerprint density at radius 1 is 0.283 bits per heavy atom. The van der Waals surface area contributed by atoms with E-state index in [0.29, 0.717) is 0 Å². The monoisotopic (exact) mass is 764 g/mol. The summed E-state index contributed by atoms with van der Waals surface area (Å²) in [4.78, 5) is 2.47. The fourth-order valence-corrected chi connectivity index (χ4v) is 8.97. The van der Waals surface area contributed by atoms with Crippen LogP contribution < -0.4 is 4.90 Å². The molecule has 0 saturated heterocycles. The number of para-hydroxylation sites is 3. The van der Waals surface area contributed by atoms with Crippen molar-refractivity contribution < 1.29 is 0 Å². The van der Waals surface area contributed by atoms with Gasteiger partial charge in [-0.3, -0.25) is 0 Å². The molecule has 0 aliphatic heterocycles. The van der Waals surface area contributed by atoms with Gasteiger partial charge in [-0.2, -0.15) is 0 Å². The molecule has 2 nitrogen and oxygen atoms in total. The summed E-state index contributed by atoms with van der Waals surface area (Å²) in [6.45, 7) is 0. The third-order valence-electron chi connectivity index (χ3n) is 11.8. The molecule has 10 aromatic carbocycles. The first kappa shape index (κ1) is 35.2. The number of benzene rings is 10. The molecule has 0 fully saturated rings. The van der Waals surface area contributed by atoms with Gasteiger partial charge in [0.05, 0.1) is 22.4 Å². The Balaban J connectivity index is 1.18. The second-order valence-corrected chi connectivity index (χ2v) is 15.3. The summed E-state index contributed by atoms with van der Waals surface area (Å²) in [7, 11) is 0. The quantitative estimate of drug-likeness (QED) is 0.150. The smallest absolute Gasteiger partial charge is 0.0561 e. The molecule has 11 rings (SSSR count). The van der Waals surface area contributed by atoms with Gasteiger partial charge >= 0.3 is 0 Å². The fraction of sp³-hybridized carbons (Fsp3) is 0. The minimum Gasteiger partial charge on any atom is -0.309 e. The Labute approximate surface area is 350 Å². The summed E-state index contributed by atoms with van der Waals surface area (Å²) in [5, 5.41) is 4.93. The Kier molecular flexibility index (Phi) is 8.87. The predicted octanol–water partition coefficient (Wildman–Crippen LogP) is 16.1. The number of nitrogens with zero attached hydrogens (tertiary/aromatic N) is 2. The Morgan fingerprint density at radius 2 is 0.817 bits per heavy atom. The molecule has 0 amide bonds. The van der Waals surface area contributed by atoms with E-state index in [1.54, 1.807) is 0 Å². The van der Waals surface area contributed by atoms with Gasteiger partial charge in [-0.05, 0) is 92.7 Å². The van der Waals surface area contributed by atoms with Gasteiger partial charge in [0.15, 0.2) is 0 Å². The van der Waals surface area contributed by atoms with Crippen molar-refractivity contribution in [1.82, 2.24) is 4.57 Å². The number of aromatic nitrogens is 1. The number of hydrogen-bond acceptors (Lipinski definition) is 1. The highest BCUT2D eigenvalue weighted by atomic mass is 15.1. The zero-order valence-corrected chi connectivity index (χ0v) is 33.0. The lowest BCUT2D eigenvalue weighted by atomic mass is 9.93. The largest absolute Gasteiger partial charge is 0.309 e. The van der Waals surface area contributed by atoms with Gasteiger partial charge in [-0.25, -0.2) is 0 Å². The number of fused-ring (bicyclic) bond motifs is 4. The molecule has 0 spiro atoms. The average Bonchev–Trinajstić information content (AvgIpc) is 3.66. The number of rotatable bonds is 8. The number of anilines is 3. The van der Waals surface area contributed by atoms with Crippen LogP contribution in [-0.2, 0) is 0 Å². The maximum Gasteiger partial charge on any atom is 0.0561 e. The minimum atomic E-state index is 1.07. The van der Waals surface area contributed by atoms with Gasteiger partial charge in [0.1, 0.15) is 0 Å². The van der Waals surface area contributed by atoms with E-state index in [1.165, 1.54) is 49.3 Å². The van der Waals surface area contributed by atoms with Crippen molar-refractivity contribution in [1.29, 1.82) is 0 Å². The standard InChI is InChI=1S/C58H40N2/c1-4-17-41(18-5-1)42-31-33-45(34-32-42)51-26-12-14-29-55(51)60(48-36-37-53-52-27-13-15-30-56(52)59(58(53)40-48)47-23-8-3-9-24-47)57-38-35-46(39-54(57)44-19-6-2-7-20-44)50-28-16-22-43-21-10-11-25-49(43)50/h1-40H. The molecule has 0 aliphatic rings. The summed E-state index contributed by atoms with van der Waals surface area (Å²) in [5.74, 6) is 0. The minimum absolute atomic E-state index is 1.07. The molecule has 2 heteroatoms. The van der Waals surface area contributed by atoms with E-state index >= 15 is 0 Å². The van der Waals surface area contributed by atoms with Crippen LogP contribution in [0.5, 0.6) is 0 Å². The van der Waals surface area contributed by atoms with Gasteiger partial charge in [0, 0.05) is 33.3 Å². The first-order valence-electron chi connectivity index (χ1n) is 20.6. The third kappa shape index (κ3) is 6.23. The summed E-state index contributed by atoms with van der Waals surface area (Å²) in [6, 6.07) is 88.0. The van der Waals surface area contributed by atoms with Crippen LogP contribution in [0.25, 0.3) is 82.8 Å². The Morgan fingerprint density at radius 3 is 1.62 bits per heavy atom. The van der Waals surface area contributed by atoms with E-state index in [4.69, 9.17) is 0 Å². The van der Waals surface area contributed by atoms with Gasteiger partial charge in [0.25, 0.3) is 0 Å². The van der Waals surface area contributed by atoms with Crippen molar-refractivity contribution >= 4 is 49.6 Å². The first-order valence-corrected chi connectivity index (χ1v) is 20.6. The van der Waals surface area contributed by atoms with E-state index in [1.807, 2.05) is 0 Å². The van der Waals surface area contributed by atoms with Gasteiger partial charge in [-0.1, -0.05) is 194 Å². The van der Waals surface area contributed by atoms with Crippen LogP contribution in [0.2, 0.25) is 0 Å². The van der Waals surface area contributed by atoms with Crippen LogP contribution in [0.3, 0.4) is 0 Å². The highest BCUT2D eigenvalue weighted by Gasteiger charge is 2.23. The van der Waals surface area contributed by atoms with Crippen molar-refractivity contribution in [3.05, 3.63) is 243 Å². The zero-order valence-electron chi connectivity index (χ0n) is 33.0. The van der Waals surface area contributed by atoms with E-state index in [-0.39, 0.29) is 0 Å². The van der Waals surface area contributed by atoms with Crippen molar-refractivity contribution in [3.63, 3.8) is 0 Å². The van der Waals surface area contributed by atoms with Crippen molar-refractivity contribution in [3.8, 4) is 50.2 Å². The maximum absolute atomic E-state index is 2.47. The molecule has 60 heavy (non-hydrogen) atoms. The third-order valence-corrected chi connectivity index (χ3v) is 11.8. The van der Waals surface area contributed by atoms with Crippen LogP contribution >= 0.6 is 0 Å². The maximum atomic E-state index is 2.47. The lowest BCUT2D eigenvalue weighted by molar-refractivity contribution is 1.18. The first-order chi connectivity index (χ1) is 29.8. The lowest BCUT2D eigenvalue weighted by Crippen LogP contribution is -2.13. The van der Waals surface area contributed by atoms with Crippen molar-refractivity contribution in [2.24, 2.45) is 0 Å². The summed E-state index contributed by atoms with van der Waals surface area (Å²) >= 11 is 0.